The fourth-order valence-corrected chi connectivity index (χ4v) is 3.21. The lowest BCUT2D eigenvalue weighted by Crippen LogP contribution is -2.39. The van der Waals surface area contributed by atoms with Gasteiger partial charge in [0.25, 0.3) is 5.91 Å². The van der Waals surface area contributed by atoms with Crippen molar-refractivity contribution in [1.82, 2.24) is 10.2 Å². The Labute approximate surface area is 182 Å². The van der Waals surface area contributed by atoms with Crippen molar-refractivity contribution in [2.45, 2.75) is 6.92 Å². The van der Waals surface area contributed by atoms with E-state index in [9.17, 15) is 4.79 Å². The molecule has 7 nitrogen and oxygen atoms in total. The average Bonchev–Trinajstić information content (AvgIpc) is 2.77. The second-order valence-corrected chi connectivity index (χ2v) is 7.39. The van der Waals surface area contributed by atoms with E-state index < -0.39 is 0 Å². The van der Waals surface area contributed by atoms with Gasteiger partial charge in [-0.2, -0.15) is 0 Å². The van der Waals surface area contributed by atoms with E-state index in [1.165, 1.54) is 0 Å². The molecular formula is C22H27ClN4O3. The van der Waals surface area contributed by atoms with Crippen molar-refractivity contribution in [3.8, 4) is 5.75 Å². The number of anilines is 1. The molecule has 1 saturated heterocycles. The molecule has 1 aliphatic rings. The third-order valence-corrected chi connectivity index (χ3v) is 5.04. The molecule has 1 amide bonds. The second-order valence-electron chi connectivity index (χ2n) is 6.95. The number of morpholine rings is 1. The Bertz CT molecular complexity index is 898. The summed E-state index contributed by atoms with van der Waals surface area (Å²) in [7, 11) is 1.57. The van der Waals surface area contributed by atoms with Crippen LogP contribution in [0, 0.1) is 6.92 Å². The number of rotatable bonds is 6. The molecule has 8 heteroatoms. The van der Waals surface area contributed by atoms with Gasteiger partial charge in [0, 0.05) is 35.9 Å². The lowest BCUT2D eigenvalue weighted by atomic mass is 10.2. The number of nitrogens with zero attached hydrogens (tertiary/aromatic N) is 2. The maximum Gasteiger partial charge on any atom is 0.258 e. The van der Waals surface area contributed by atoms with Crippen LogP contribution in [-0.2, 0) is 4.74 Å². The maximum atomic E-state index is 12.8. The second kappa shape index (κ2) is 11.0. The molecule has 2 aromatic rings. The number of carbonyl (C=O) groups is 1. The van der Waals surface area contributed by atoms with Gasteiger partial charge >= 0.3 is 0 Å². The molecule has 0 spiro atoms. The number of ether oxygens (including phenoxy) is 2. The average molecular weight is 431 g/mol. The molecule has 1 heterocycles. The van der Waals surface area contributed by atoms with E-state index in [1.54, 1.807) is 31.4 Å². The molecule has 1 aliphatic heterocycles. The minimum Gasteiger partial charge on any atom is -0.497 e. The largest absolute Gasteiger partial charge is 0.497 e. The van der Waals surface area contributed by atoms with E-state index in [1.807, 2.05) is 25.1 Å². The third kappa shape index (κ3) is 6.45. The summed E-state index contributed by atoms with van der Waals surface area (Å²) in [5.41, 5.74) is 2.27. The summed E-state index contributed by atoms with van der Waals surface area (Å²) in [4.78, 5) is 19.7. The number of halogens is 1. The number of nitrogens with one attached hydrogen (secondary N) is 2. The van der Waals surface area contributed by atoms with Crippen LogP contribution in [0.4, 0.5) is 5.69 Å². The van der Waals surface area contributed by atoms with Gasteiger partial charge < -0.3 is 14.8 Å². The van der Waals surface area contributed by atoms with Crippen molar-refractivity contribution >= 4 is 29.2 Å². The van der Waals surface area contributed by atoms with E-state index in [-0.39, 0.29) is 5.91 Å². The van der Waals surface area contributed by atoms with Crippen LogP contribution in [0.15, 0.2) is 47.5 Å². The number of aryl methyl sites for hydroxylation is 1. The highest BCUT2D eigenvalue weighted by molar-refractivity contribution is 6.31. The van der Waals surface area contributed by atoms with Crippen LogP contribution in [0.2, 0.25) is 5.02 Å². The van der Waals surface area contributed by atoms with Gasteiger partial charge in [0.1, 0.15) is 5.75 Å². The molecule has 0 radical (unpaired) electrons. The highest BCUT2D eigenvalue weighted by atomic mass is 35.5. The highest BCUT2D eigenvalue weighted by Gasteiger charge is 2.13. The van der Waals surface area contributed by atoms with Crippen LogP contribution < -0.4 is 15.4 Å². The molecular weight excluding hydrogens is 404 g/mol. The Hall–Kier alpha value is -2.61. The Balaban J connectivity index is 1.74. The minimum atomic E-state index is -0.272. The number of aliphatic imine (C=N–C) groups is 1. The van der Waals surface area contributed by atoms with Crippen LogP contribution in [0.1, 0.15) is 15.9 Å². The SMILES string of the molecule is COc1cccc(C(=O)NC(=NCCN2CCOCC2)Nc2cc(Cl)ccc2C)c1. The number of hydrogen-bond acceptors (Lipinski definition) is 5. The van der Waals surface area contributed by atoms with Gasteiger partial charge in [-0.05, 0) is 42.8 Å². The third-order valence-electron chi connectivity index (χ3n) is 4.81. The normalized spacial score (nSPS) is 15.0. The zero-order chi connectivity index (χ0) is 21.3. The van der Waals surface area contributed by atoms with Crippen molar-refractivity contribution < 1.29 is 14.3 Å². The smallest absolute Gasteiger partial charge is 0.258 e. The lowest BCUT2D eigenvalue weighted by Gasteiger charge is -2.25. The molecule has 1 fully saturated rings. The minimum absolute atomic E-state index is 0.272. The quantitative estimate of drug-likeness (QED) is 0.543. The molecule has 0 unspecified atom stereocenters. The van der Waals surface area contributed by atoms with E-state index in [2.05, 4.69) is 20.5 Å². The summed E-state index contributed by atoms with van der Waals surface area (Å²) in [6.07, 6.45) is 0. The highest BCUT2D eigenvalue weighted by Crippen LogP contribution is 2.20. The monoisotopic (exact) mass is 430 g/mol. The van der Waals surface area contributed by atoms with Gasteiger partial charge in [-0.25, -0.2) is 0 Å². The molecule has 3 rings (SSSR count). The topological polar surface area (TPSA) is 75.2 Å². The molecule has 2 N–H and O–H groups in total. The Morgan fingerprint density at radius 3 is 2.80 bits per heavy atom. The number of methoxy groups -OCH3 is 1. The summed E-state index contributed by atoms with van der Waals surface area (Å²) < 4.78 is 10.6. The molecule has 0 aromatic heterocycles. The zero-order valence-corrected chi connectivity index (χ0v) is 18.0. The number of hydrogen-bond donors (Lipinski definition) is 2. The molecule has 0 saturated carbocycles. The summed E-state index contributed by atoms with van der Waals surface area (Å²) in [5, 5.41) is 6.70. The molecule has 30 heavy (non-hydrogen) atoms. The van der Waals surface area contributed by atoms with Crippen molar-refractivity contribution in [2.24, 2.45) is 4.99 Å². The number of benzene rings is 2. The fourth-order valence-electron chi connectivity index (χ4n) is 3.04. The molecule has 0 bridgehead atoms. The van der Waals surface area contributed by atoms with Gasteiger partial charge in [-0.3, -0.25) is 20.0 Å². The van der Waals surface area contributed by atoms with E-state index in [0.29, 0.717) is 28.8 Å². The summed E-state index contributed by atoms with van der Waals surface area (Å²) in [6, 6.07) is 12.5. The first-order chi connectivity index (χ1) is 14.5. The van der Waals surface area contributed by atoms with Crippen molar-refractivity contribution in [3.05, 3.63) is 58.6 Å². The molecule has 0 atom stereocenters. The number of carbonyl (C=O) groups excluding carboxylic acids is 1. The van der Waals surface area contributed by atoms with E-state index >= 15 is 0 Å². The first-order valence-corrected chi connectivity index (χ1v) is 10.3. The Morgan fingerprint density at radius 1 is 1.23 bits per heavy atom. The van der Waals surface area contributed by atoms with Crippen molar-refractivity contribution in [3.63, 3.8) is 0 Å². The number of amides is 1. The van der Waals surface area contributed by atoms with Crippen LogP contribution in [0.5, 0.6) is 5.75 Å². The van der Waals surface area contributed by atoms with E-state index in [4.69, 9.17) is 21.1 Å². The fraction of sp³-hybridized carbons (Fsp3) is 0.364. The van der Waals surface area contributed by atoms with Crippen molar-refractivity contribution in [2.75, 3.05) is 51.8 Å². The molecule has 2 aromatic carbocycles. The van der Waals surface area contributed by atoms with Gasteiger partial charge in [-0.15, -0.1) is 0 Å². The van der Waals surface area contributed by atoms with Crippen LogP contribution in [0.25, 0.3) is 0 Å². The Kier molecular flexibility index (Phi) is 8.07. The lowest BCUT2D eigenvalue weighted by molar-refractivity contribution is 0.0394. The zero-order valence-electron chi connectivity index (χ0n) is 17.3. The van der Waals surface area contributed by atoms with E-state index in [0.717, 1.165) is 44.1 Å². The van der Waals surface area contributed by atoms with Gasteiger partial charge in [0.05, 0.1) is 26.9 Å². The van der Waals surface area contributed by atoms with Crippen LogP contribution >= 0.6 is 11.6 Å². The summed E-state index contributed by atoms with van der Waals surface area (Å²) in [6.45, 7) is 6.56. The number of guanidine groups is 1. The predicted octanol–water partition coefficient (Wildman–Crippen LogP) is 3.19. The van der Waals surface area contributed by atoms with Gasteiger partial charge in [0.2, 0.25) is 5.96 Å². The van der Waals surface area contributed by atoms with Crippen LogP contribution in [-0.4, -0.2) is 63.3 Å². The first kappa shape index (κ1) is 22.1. The molecule has 0 aliphatic carbocycles. The standard InChI is InChI=1S/C22H27ClN4O3/c1-16-6-7-18(23)15-20(16)25-22(24-8-9-27-10-12-30-13-11-27)26-21(28)17-4-3-5-19(14-17)29-2/h3-7,14-15H,8-13H2,1-2H3,(H2,24,25,26,28). The first-order valence-electron chi connectivity index (χ1n) is 9.88. The summed E-state index contributed by atoms with van der Waals surface area (Å²) >= 11 is 6.14. The Morgan fingerprint density at radius 2 is 2.03 bits per heavy atom. The van der Waals surface area contributed by atoms with Gasteiger partial charge in [0.15, 0.2) is 0 Å². The van der Waals surface area contributed by atoms with Gasteiger partial charge in [-0.1, -0.05) is 23.7 Å². The maximum absolute atomic E-state index is 12.8. The molecule has 160 valence electrons. The van der Waals surface area contributed by atoms with Crippen LogP contribution in [0.3, 0.4) is 0 Å². The van der Waals surface area contributed by atoms with Crippen molar-refractivity contribution in [1.29, 1.82) is 0 Å². The predicted molar refractivity (Wildman–Crippen MR) is 120 cm³/mol. The summed E-state index contributed by atoms with van der Waals surface area (Å²) in [5.74, 6) is 0.722.